The molecule has 0 radical (unpaired) electrons. The molecular weight excluding hydrogens is 292 g/mol. The largest absolute Gasteiger partial charge is 0.349 e. The third-order valence-corrected chi connectivity index (χ3v) is 5.75. The molecule has 3 N–H and O–H groups in total. The van der Waals surface area contributed by atoms with Crippen LogP contribution in [-0.4, -0.2) is 18.0 Å². The molecular formula is C18H24N2OS. The van der Waals surface area contributed by atoms with E-state index in [0.29, 0.717) is 18.9 Å². The maximum atomic E-state index is 12.2. The van der Waals surface area contributed by atoms with Gasteiger partial charge in [-0.15, -0.1) is 11.3 Å². The van der Waals surface area contributed by atoms with Gasteiger partial charge in [0.2, 0.25) is 5.91 Å². The van der Waals surface area contributed by atoms with E-state index in [4.69, 9.17) is 5.73 Å². The molecule has 0 bridgehead atoms. The first-order valence-corrected chi connectivity index (χ1v) is 8.96. The number of nitrogens with two attached hydrogens (primary N) is 1. The van der Waals surface area contributed by atoms with Crippen LogP contribution in [0.15, 0.2) is 29.6 Å². The van der Waals surface area contributed by atoms with Crippen LogP contribution in [0.4, 0.5) is 0 Å². The molecule has 0 saturated heterocycles. The zero-order valence-corrected chi connectivity index (χ0v) is 13.9. The molecule has 4 heteroatoms. The third kappa shape index (κ3) is 3.33. The van der Waals surface area contributed by atoms with Crippen LogP contribution in [0.25, 0.3) is 10.1 Å². The van der Waals surface area contributed by atoms with Crippen LogP contribution >= 0.6 is 11.3 Å². The number of nitrogens with one attached hydrogen (secondary N) is 1. The molecule has 0 aliphatic heterocycles. The van der Waals surface area contributed by atoms with Crippen molar-refractivity contribution in [3.63, 3.8) is 0 Å². The van der Waals surface area contributed by atoms with Crippen molar-refractivity contribution in [1.29, 1.82) is 0 Å². The second-order valence-corrected chi connectivity index (χ2v) is 7.47. The number of fused-ring (bicyclic) bond motifs is 1. The summed E-state index contributed by atoms with van der Waals surface area (Å²) in [5.41, 5.74) is 7.01. The Labute approximate surface area is 135 Å². The molecule has 1 unspecified atom stereocenters. The van der Waals surface area contributed by atoms with Crippen LogP contribution in [-0.2, 0) is 11.2 Å². The van der Waals surface area contributed by atoms with E-state index in [-0.39, 0.29) is 11.4 Å². The van der Waals surface area contributed by atoms with Gasteiger partial charge < -0.3 is 11.1 Å². The number of hydrogen-bond donors (Lipinski definition) is 2. The zero-order valence-electron chi connectivity index (χ0n) is 13.1. The monoisotopic (exact) mass is 316 g/mol. The zero-order chi connectivity index (χ0) is 15.6. The summed E-state index contributed by atoms with van der Waals surface area (Å²) in [5, 5.41) is 6.71. The number of carbonyl (C=O) groups excluding carboxylic acids is 1. The van der Waals surface area contributed by atoms with Gasteiger partial charge in [-0.25, -0.2) is 0 Å². The molecule has 118 valence electrons. The lowest BCUT2D eigenvalue weighted by Gasteiger charge is -2.29. The van der Waals surface area contributed by atoms with Gasteiger partial charge in [-0.2, -0.15) is 0 Å². The van der Waals surface area contributed by atoms with E-state index in [0.717, 1.165) is 12.8 Å². The number of hydrogen-bond acceptors (Lipinski definition) is 3. The minimum Gasteiger partial charge on any atom is -0.349 e. The molecule has 3 nitrogen and oxygen atoms in total. The Balaban J connectivity index is 1.51. The predicted molar refractivity (Wildman–Crippen MR) is 93.1 cm³/mol. The van der Waals surface area contributed by atoms with Crippen molar-refractivity contribution in [2.24, 2.45) is 11.7 Å². The van der Waals surface area contributed by atoms with Crippen LogP contribution in [0.2, 0.25) is 0 Å². The van der Waals surface area contributed by atoms with Crippen molar-refractivity contribution >= 4 is 27.3 Å². The quantitative estimate of drug-likeness (QED) is 0.822. The first kappa shape index (κ1) is 15.5. The van der Waals surface area contributed by atoms with Crippen LogP contribution in [0.5, 0.6) is 0 Å². The molecule has 1 aromatic carbocycles. The van der Waals surface area contributed by atoms with Gasteiger partial charge in [-0.05, 0) is 60.9 Å². The lowest BCUT2D eigenvalue weighted by molar-refractivity contribution is -0.123. The fourth-order valence-corrected chi connectivity index (χ4v) is 4.08. The molecule has 3 rings (SSSR count). The Morgan fingerprint density at radius 1 is 1.41 bits per heavy atom. The maximum absolute atomic E-state index is 12.2. The minimum atomic E-state index is -0.202. The molecule has 1 atom stereocenters. The van der Waals surface area contributed by atoms with Gasteiger partial charge in [-0.1, -0.05) is 18.2 Å². The van der Waals surface area contributed by atoms with Crippen molar-refractivity contribution in [2.75, 3.05) is 6.54 Å². The Bertz CT molecular complexity index is 662. The molecule has 1 saturated carbocycles. The third-order valence-electron chi connectivity index (χ3n) is 4.74. The number of carbonyl (C=O) groups is 1. The van der Waals surface area contributed by atoms with Gasteiger partial charge in [0, 0.05) is 17.7 Å². The summed E-state index contributed by atoms with van der Waals surface area (Å²) in [6.07, 6.45) is 4.80. The summed E-state index contributed by atoms with van der Waals surface area (Å²) in [6, 6.07) is 8.47. The highest BCUT2D eigenvalue weighted by molar-refractivity contribution is 7.17. The second-order valence-electron chi connectivity index (χ2n) is 6.55. The fourth-order valence-electron chi connectivity index (χ4n) is 3.09. The van der Waals surface area contributed by atoms with Crippen molar-refractivity contribution in [2.45, 2.75) is 44.6 Å². The molecule has 1 aliphatic carbocycles. The van der Waals surface area contributed by atoms with Crippen molar-refractivity contribution < 1.29 is 4.79 Å². The van der Waals surface area contributed by atoms with Crippen LogP contribution in [0.1, 0.15) is 38.2 Å². The highest BCUT2D eigenvalue weighted by Crippen LogP contribution is 2.39. The number of rotatable bonds is 7. The van der Waals surface area contributed by atoms with E-state index in [1.54, 1.807) is 11.3 Å². The molecule has 1 amide bonds. The van der Waals surface area contributed by atoms with Crippen LogP contribution in [0, 0.1) is 5.92 Å². The summed E-state index contributed by atoms with van der Waals surface area (Å²) in [4.78, 5) is 12.2. The molecule has 1 heterocycles. The number of aryl methyl sites for hydroxylation is 1. The summed E-state index contributed by atoms with van der Waals surface area (Å²) in [5.74, 6) is 0.710. The van der Waals surface area contributed by atoms with E-state index in [1.165, 1.54) is 28.5 Å². The van der Waals surface area contributed by atoms with Gasteiger partial charge >= 0.3 is 0 Å². The number of benzene rings is 1. The van der Waals surface area contributed by atoms with Crippen molar-refractivity contribution in [1.82, 2.24) is 5.32 Å². The predicted octanol–water partition coefficient (Wildman–Crippen LogP) is 3.47. The van der Waals surface area contributed by atoms with Gasteiger partial charge in [0.1, 0.15) is 0 Å². The average Bonchev–Trinajstić information content (AvgIpc) is 3.30. The topological polar surface area (TPSA) is 55.1 Å². The summed E-state index contributed by atoms with van der Waals surface area (Å²) >= 11 is 1.78. The smallest absolute Gasteiger partial charge is 0.220 e. The van der Waals surface area contributed by atoms with Gasteiger partial charge in [0.05, 0.1) is 5.54 Å². The first-order chi connectivity index (χ1) is 10.6. The van der Waals surface area contributed by atoms with E-state index >= 15 is 0 Å². The number of amides is 1. The van der Waals surface area contributed by atoms with Gasteiger partial charge in [0.15, 0.2) is 0 Å². The summed E-state index contributed by atoms with van der Waals surface area (Å²) in [6.45, 7) is 2.60. The Morgan fingerprint density at radius 2 is 2.18 bits per heavy atom. The lowest BCUT2D eigenvalue weighted by Crippen LogP contribution is -2.53. The minimum absolute atomic E-state index is 0.138. The lowest BCUT2D eigenvalue weighted by atomic mass is 9.95. The number of thiophene rings is 1. The Hall–Kier alpha value is -1.39. The normalized spacial score (nSPS) is 17.4. The van der Waals surface area contributed by atoms with E-state index < -0.39 is 0 Å². The van der Waals surface area contributed by atoms with E-state index in [1.807, 2.05) is 0 Å². The summed E-state index contributed by atoms with van der Waals surface area (Å²) < 4.78 is 1.33. The SMILES string of the molecule is CC(CN)(NC(=O)CCCc1csc2ccccc12)C1CC1. The second kappa shape index (κ2) is 6.39. The van der Waals surface area contributed by atoms with Crippen molar-refractivity contribution in [3.8, 4) is 0 Å². The standard InChI is InChI=1S/C18H24N2OS/c1-18(12-19,14-9-10-14)20-17(21)8-4-5-13-11-22-16-7-3-2-6-15(13)16/h2-3,6-7,11,14H,4-5,8-10,12,19H2,1H3,(H,20,21). The Kier molecular flexibility index (Phi) is 4.50. The summed E-state index contributed by atoms with van der Waals surface area (Å²) in [7, 11) is 0. The van der Waals surface area contributed by atoms with E-state index in [2.05, 4.69) is 41.9 Å². The Morgan fingerprint density at radius 3 is 2.91 bits per heavy atom. The van der Waals surface area contributed by atoms with Gasteiger partial charge in [-0.3, -0.25) is 4.79 Å². The first-order valence-electron chi connectivity index (χ1n) is 8.08. The molecule has 22 heavy (non-hydrogen) atoms. The fraction of sp³-hybridized carbons (Fsp3) is 0.500. The highest BCUT2D eigenvalue weighted by Gasteiger charge is 2.41. The molecule has 1 aliphatic rings. The maximum Gasteiger partial charge on any atom is 0.220 e. The van der Waals surface area contributed by atoms with Crippen LogP contribution < -0.4 is 11.1 Å². The molecule has 0 spiro atoms. The molecule has 1 fully saturated rings. The highest BCUT2D eigenvalue weighted by atomic mass is 32.1. The van der Waals surface area contributed by atoms with Gasteiger partial charge in [0.25, 0.3) is 0 Å². The average molecular weight is 316 g/mol. The molecule has 2 aromatic rings. The van der Waals surface area contributed by atoms with E-state index in [9.17, 15) is 4.79 Å². The van der Waals surface area contributed by atoms with Crippen molar-refractivity contribution in [3.05, 3.63) is 35.2 Å². The van der Waals surface area contributed by atoms with Crippen LogP contribution in [0.3, 0.4) is 0 Å². The molecule has 1 aromatic heterocycles.